The number of methoxy groups -OCH3 is 1. The van der Waals surface area contributed by atoms with Crippen molar-refractivity contribution in [2.75, 3.05) is 26.0 Å². The molecule has 1 aliphatic heterocycles. The third kappa shape index (κ3) is 2.26. The molecule has 1 heterocycles. The second kappa shape index (κ2) is 5.27. The Hall–Kier alpha value is -1.75. The monoisotopic (exact) mass is 250 g/mol. The SMILES string of the molecule is COc1ccc(N)c(C(=O)N2CCCC2CO)c1. The molecule has 18 heavy (non-hydrogen) atoms. The van der Waals surface area contributed by atoms with Gasteiger partial charge in [-0.3, -0.25) is 4.79 Å². The standard InChI is InChI=1S/C13H18N2O3/c1-18-10-4-5-12(14)11(7-10)13(17)15-6-2-3-9(15)8-16/h4-5,7,9,16H,2-3,6,8,14H2,1H3. The maximum atomic E-state index is 12.4. The predicted octanol–water partition coefficient (Wildman–Crippen LogP) is 0.874. The molecule has 0 aliphatic carbocycles. The molecule has 1 aromatic rings. The molecule has 1 aromatic carbocycles. The number of nitrogens with two attached hydrogens (primary N) is 1. The Kier molecular flexibility index (Phi) is 3.72. The number of nitrogens with zero attached hydrogens (tertiary/aromatic N) is 1. The molecule has 0 bridgehead atoms. The van der Waals surface area contributed by atoms with Gasteiger partial charge >= 0.3 is 0 Å². The summed E-state index contributed by atoms with van der Waals surface area (Å²) in [5, 5.41) is 9.25. The van der Waals surface area contributed by atoms with Gasteiger partial charge in [0.15, 0.2) is 0 Å². The van der Waals surface area contributed by atoms with E-state index in [1.54, 1.807) is 30.2 Å². The maximum Gasteiger partial charge on any atom is 0.256 e. The van der Waals surface area contributed by atoms with Gasteiger partial charge in [-0.15, -0.1) is 0 Å². The Bertz CT molecular complexity index is 448. The highest BCUT2D eigenvalue weighted by Crippen LogP contribution is 2.25. The number of aliphatic hydroxyl groups excluding tert-OH is 1. The first kappa shape index (κ1) is 12.7. The van der Waals surface area contributed by atoms with E-state index in [-0.39, 0.29) is 18.6 Å². The van der Waals surface area contributed by atoms with E-state index < -0.39 is 0 Å². The van der Waals surface area contributed by atoms with Crippen LogP contribution in [-0.2, 0) is 0 Å². The first-order valence-corrected chi connectivity index (χ1v) is 6.02. The lowest BCUT2D eigenvalue weighted by Gasteiger charge is -2.23. The molecule has 1 unspecified atom stereocenters. The van der Waals surface area contributed by atoms with Crippen LogP contribution in [0.5, 0.6) is 5.75 Å². The molecule has 1 saturated heterocycles. The van der Waals surface area contributed by atoms with Crippen molar-refractivity contribution >= 4 is 11.6 Å². The lowest BCUT2D eigenvalue weighted by Crippen LogP contribution is -2.37. The van der Waals surface area contributed by atoms with E-state index in [0.717, 1.165) is 12.8 Å². The van der Waals surface area contributed by atoms with E-state index in [1.165, 1.54) is 0 Å². The van der Waals surface area contributed by atoms with Gasteiger partial charge in [0.2, 0.25) is 0 Å². The van der Waals surface area contributed by atoms with Crippen LogP contribution in [0.3, 0.4) is 0 Å². The van der Waals surface area contributed by atoms with Crippen LogP contribution < -0.4 is 10.5 Å². The second-order valence-electron chi connectivity index (χ2n) is 4.43. The van der Waals surface area contributed by atoms with Crippen LogP contribution in [0, 0.1) is 0 Å². The van der Waals surface area contributed by atoms with Crippen LogP contribution in [0.1, 0.15) is 23.2 Å². The molecule has 0 saturated carbocycles. The number of carbonyl (C=O) groups is 1. The Balaban J connectivity index is 2.27. The number of rotatable bonds is 3. The van der Waals surface area contributed by atoms with Crippen molar-refractivity contribution in [2.24, 2.45) is 0 Å². The summed E-state index contributed by atoms with van der Waals surface area (Å²) in [4.78, 5) is 14.1. The second-order valence-corrected chi connectivity index (χ2v) is 4.43. The van der Waals surface area contributed by atoms with Gasteiger partial charge < -0.3 is 20.5 Å². The number of carbonyl (C=O) groups excluding carboxylic acids is 1. The van der Waals surface area contributed by atoms with E-state index in [4.69, 9.17) is 10.5 Å². The number of hydrogen-bond donors (Lipinski definition) is 2. The first-order chi connectivity index (χ1) is 8.67. The minimum absolute atomic E-state index is 0.00435. The quantitative estimate of drug-likeness (QED) is 0.781. The van der Waals surface area contributed by atoms with Crippen LogP contribution in [-0.4, -0.2) is 42.2 Å². The summed E-state index contributed by atoms with van der Waals surface area (Å²) in [7, 11) is 1.55. The molecule has 98 valence electrons. The summed E-state index contributed by atoms with van der Waals surface area (Å²) in [6, 6.07) is 4.93. The van der Waals surface area contributed by atoms with Gasteiger partial charge in [0.05, 0.1) is 25.3 Å². The highest BCUT2D eigenvalue weighted by molar-refractivity contribution is 5.99. The van der Waals surface area contributed by atoms with Gasteiger partial charge in [0, 0.05) is 12.2 Å². The number of anilines is 1. The van der Waals surface area contributed by atoms with Crippen LogP contribution >= 0.6 is 0 Å². The zero-order chi connectivity index (χ0) is 13.1. The highest BCUT2D eigenvalue weighted by atomic mass is 16.5. The van der Waals surface area contributed by atoms with Crippen LogP contribution in [0.25, 0.3) is 0 Å². The maximum absolute atomic E-state index is 12.4. The number of ether oxygens (including phenoxy) is 1. The Morgan fingerprint density at radius 1 is 1.61 bits per heavy atom. The lowest BCUT2D eigenvalue weighted by molar-refractivity contribution is 0.0678. The average molecular weight is 250 g/mol. The number of nitrogen functional groups attached to an aromatic ring is 1. The van der Waals surface area contributed by atoms with Crippen LogP contribution in [0.15, 0.2) is 18.2 Å². The predicted molar refractivity (Wildman–Crippen MR) is 68.6 cm³/mol. The van der Waals surface area contributed by atoms with Gasteiger partial charge in [-0.05, 0) is 31.0 Å². The van der Waals surface area contributed by atoms with Crippen molar-refractivity contribution in [3.63, 3.8) is 0 Å². The number of amides is 1. The molecule has 1 amide bonds. The smallest absolute Gasteiger partial charge is 0.256 e. The topological polar surface area (TPSA) is 75.8 Å². The summed E-state index contributed by atoms with van der Waals surface area (Å²) in [5.41, 5.74) is 6.71. The van der Waals surface area contributed by atoms with Gasteiger partial charge in [0.1, 0.15) is 5.75 Å². The molecule has 5 nitrogen and oxygen atoms in total. The average Bonchev–Trinajstić information content (AvgIpc) is 2.86. The van der Waals surface area contributed by atoms with E-state index in [9.17, 15) is 9.90 Å². The highest BCUT2D eigenvalue weighted by Gasteiger charge is 2.29. The summed E-state index contributed by atoms with van der Waals surface area (Å²) in [6.07, 6.45) is 1.76. The largest absolute Gasteiger partial charge is 0.497 e. The van der Waals surface area contributed by atoms with E-state index in [1.807, 2.05) is 0 Å². The summed E-state index contributed by atoms with van der Waals surface area (Å²) in [6.45, 7) is 0.663. The number of hydrogen-bond acceptors (Lipinski definition) is 4. The fourth-order valence-electron chi connectivity index (χ4n) is 2.30. The van der Waals surface area contributed by atoms with Crippen LogP contribution in [0.2, 0.25) is 0 Å². The Morgan fingerprint density at radius 2 is 2.39 bits per heavy atom. The fourth-order valence-corrected chi connectivity index (χ4v) is 2.30. The molecule has 3 N–H and O–H groups in total. The normalized spacial score (nSPS) is 19.0. The van der Waals surface area contributed by atoms with E-state index in [0.29, 0.717) is 23.5 Å². The zero-order valence-corrected chi connectivity index (χ0v) is 10.4. The van der Waals surface area contributed by atoms with Crippen LogP contribution in [0.4, 0.5) is 5.69 Å². The van der Waals surface area contributed by atoms with Gasteiger partial charge in [-0.25, -0.2) is 0 Å². The van der Waals surface area contributed by atoms with Crippen molar-refractivity contribution < 1.29 is 14.6 Å². The molecule has 1 atom stereocenters. The van der Waals surface area contributed by atoms with Gasteiger partial charge in [-0.1, -0.05) is 0 Å². The van der Waals surface area contributed by atoms with Crippen molar-refractivity contribution in [1.29, 1.82) is 0 Å². The third-order valence-electron chi connectivity index (χ3n) is 3.34. The van der Waals surface area contributed by atoms with Crippen molar-refractivity contribution in [1.82, 2.24) is 4.90 Å². The Labute approximate surface area is 106 Å². The van der Waals surface area contributed by atoms with E-state index in [2.05, 4.69) is 0 Å². The molecular weight excluding hydrogens is 232 g/mol. The fraction of sp³-hybridized carbons (Fsp3) is 0.462. The molecule has 1 fully saturated rings. The van der Waals surface area contributed by atoms with Crippen molar-refractivity contribution in [3.8, 4) is 5.75 Å². The van der Waals surface area contributed by atoms with E-state index >= 15 is 0 Å². The molecule has 5 heteroatoms. The summed E-state index contributed by atoms with van der Waals surface area (Å²) >= 11 is 0. The first-order valence-electron chi connectivity index (χ1n) is 6.02. The molecule has 0 spiro atoms. The van der Waals surface area contributed by atoms with Crippen molar-refractivity contribution in [2.45, 2.75) is 18.9 Å². The van der Waals surface area contributed by atoms with Gasteiger partial charge in [0.25, 0.3) is 5.91 Å². The van der Waals surface area contributed by atoms with Gasteiger partial charge in [-0.2, -0.15) is 0 Å². The number of benzene rings is 1. The van der Waals surface area contributed by atoms with Crippen molar-refractivity contribution in [3.05, 3.63) is 23.8 Å². The third-order valence-corrected chi connectivity index (χ3v) is 3.34. The number of aliphatic hydroxyl groups is 1. The minimum Gasteiger partial charge on any atom is -0.497 e. The Morgan fingerprint density at radius 3 is 3.06 bits per heavy atom. The summed E-state index contributed by atoms with van der Waals surface area (Å²) in [5.74, 6) is 0.468. The lowest BCUT2D eigenvalue weighted by atomic mass is 10.1. The summed E-state index contributed by atoms with van der Waals surface area (Å²) < 4.78 is 5.10. The minimum atomic E-state index is -0.136. The number of likely N-dealkylation sites (tertiary alicyclic amines) is 1. The molecular formula is C13H18N2O3. The molecule has 0 aromatic heterocycles. The molecule has 0 radical (unpaired) electrons. The molecule has 2 rings (SSSR count). The zero-order valence-electron chi connectivity index (χ0n) is 10.4. The molecule has 1 aliphatic rings.